The molecule has 1 heterocycles. The number of fused-ring (bicyclic) bond motifs is 1. The molecule has 3 heteroatoms. The van der Waals surface area contributed by atoms with Gasteiger partial charge in [0.15, 0.2) is 0 Å². The van der Waals surface area contributed by atoms with Crippen LogP contribution in [-0.2, 0) is 6.42 Å². The van der Waals surface area contributed by atoms with Crippen molar-refractivity contribution < 1.29 is 4.79 Å². The van der Waals surface area contributed by atoms with E-state index in [1.54, 1.807) is 0 Å². The summed E-state index contributed by atoms with van der Waals surface area (Å²) in [5, 5.41) is 3.22. The number of anilines is 1. The first-order chi connectivity index (χ1) is 5.40. The van der Waals surface area contributed by atoms with E-state index in [-0.39, 0.29) is 12.4 Å². The first-order valence-corrected chi connectivity index (χ1v) is 3.72. The van der Waals surface area contributed by atoms with Crippen LogP contribution < -0.4 is 5.32 Å². The predicted molar refractivity (Wildman–Crippen MR) is 51.3 cm³/mol. The number of carbonyl (C=O) groups is 1. The van der Waals surface area contributed by atoms with Crippen LogP contribution in [0.25, 0.3) is 0 Å². The van der Waals surface area contributed by atoms with Crippen molar-refractivity contribution in [3.05, 3.63) is 29.3 Å². The highest BCUT2D eigenvalue weighted by Gasteiger charge is 2.08. The van der Waals surface area contributed by atoms with Crippen LogP contribution in [0, 0.1) is 0 Å². The van der Waals surface area contributed by atoms with E-state index in [9.17, 15) is 4.79 Å². The molecule has 0 saturated carbocycles. The van der Waals surface area contributed by atoms with E-state index in [1.807, 2.05) is 18.2 Å². The summed E-state index contributed by atoms with van der Waals surface area (Å²) in [7, 11) is 0. The number of aldehydes is 1. The molecule has 0 bridgehead atoms. The number of rotatable bonds is 1. The summed E-state index contributed by atoms with van der Waals surface area (Å²) in [6.07, 6.45) is 1.95. The topological polar surface area (TPSA) is 29.1 Å². The lowest BCUT2D eigenvalue weighted by atomic mass is 10.1. The molecule has 0 spiro atoms. The van der Waals surface area contributed by atoms with Crippen molar-refractivity contribution >= 4 is 24.4 Å². The second kappa shape index (κ2) is 3.59. The van der Waals surface area contributed by atoms with Crippen LogP contribution in [0.15, 0.2) is 18.2 Å². The van der Waals surface area contributed by atoms with Gasteiger partial charge in [-0.15, -0.1) is 12.4 Å². The minimum absolute atomic E-state index is 0. The van der Waals surface area contributed by atoms with Gasteiger partial charge in [0, 0.05) is 17.8 Å². The molecule has 2 rings (SSSR count). The van der Waals surface area contributed by atoms with E-state index >= 15 is 0 Å². The summed E-state index contributed by atoms with van der Waals surface area (Å²) in [6.45, 7) is 0.998. The highest BCUT2D eigenvalue weighted by atomic mass is 35.5. The summed E-state index contributed by atoms with van der Waals surface area (Å²) in [6, 6.07) is 5.77. The monoisotopic (exact) mass is 183 g/mol. The third kappa shape index (κ3) is 1.43. The summed E-state index contributed by atoms with van der Waals surface area (Å²) in [5.41, 5.74) is 3.18. The minimum atomic E-state index is 0. The smallest absolute Gasteiger partial charge is 0.150 e. The third-order valence-electron chi connectivity index (χ3n) is 1.98. The molecule has 0 radical (unpaired) electrons. The molecule has 2 nitrogen and oxygen atoms in total. The van der Waals surface area contributed by atoms with Gasteiger partial charge < -0.3 is 5.32 Å². The van der Waals surface area contributed by atoms with Crippen molar-refractivity contribution in [3.63, 3.8) is 0 Å². The predicted octanol–water partition coefficient (Wildman–Crippen LogP) is 1.89. The second-order valence-corrected chi connectivity index (χ2v) is 2.71. The molecule has 0 saturated heterocycles. The lowest BCUT2D eigenvalue weighted by Gasteiger charge is -1.98. The first kappa shape index (κ1) is 9.07. The summed E-state index contributed by atoms with van der Waals surface area (Å²) >= 11 is 0. The Hall–Kier alpha value is -1.02. The number of benzene rings is 1. The lowest BCUT2D eigenvalue weighted by molar-refractivity contribution is 0.112. The number of hydrogen-bond acceptors (Lipinski definition) is 2. The van der Waals surface area contributed by atoms with Crippen LogP contribution in [-0.4, -0.2) is 12.8 Å². The van der Waals surface area contributed by atoms with Gasteiger partial charge in [-0.3, -0.25) is 4.79 Å². The standard InChI is InChI=1S/C9H9NO.ClH/c11-6-7-1-2-8-3-4-10-9(8)5-7;/h1-2,5-6,10H,3-4H2;1H. The number of carbonyl (C=O) groups excluding carboxylic acids is 1. The molecule has 1 aromatic rings. The molecule has 0 aromatic heterocycles. The van der Waals surface area contributed by atoms with E-state index < -0.39 is 0 Å². The third-order valence-corrected chi connectivity index (χ3v) is 1.98. The molecule has 64 valence electrons. The van der Waals surface area contributed by atoms with E-state index in [2.05, 4.69) is 5.32 Å². The van der Waals surface area contributed by atoms with Crippen molar-refractivity contribution in [1.29, 1.82) is 0 Å². The van der Waals surface area contributed by atoms with E-state index in [1.165, 1.54) is 5.56 Å². The maximum Gasteiger partial charge on any atom is 0.150 e. The Labute approximate surface area is 77.4 Å². The number of hydrogen-bond donors (Lipinski definition) is 1. The zero-order valence-electron chi connectivity index (χ0n) is 6.54. The molecule has 12 heavy (non-hydrogen) atoms. The molecule has 1 N–H and O–H groups in total. The summed E-state index contributed by atoms with van der Waals surface area (Å²) in [4.78, 5) is 10.4. The highest BCUT2D eigenvalue weighted by molar-refractivity contribution is 5.85. The average Bonchev–Trinajstić information content (AvgIpc) is 2.50. The van der Waals surface area contributed by atoms with Gasteiger partial charge in [-0.25, -0.2) is 0 Å². The van der Waals surface area contributed by atoms with Crippen LogP contribution >= 0.6 is 12.4 Å². The van der Waals surface area contributed by atoms with Gasteiger partial charge >= 0.3 is 0 Å². The van der Waals surface area contributed by atoms with Gasteiger partial charge in [0.05, 0.1) is 0 Å². The molecule has 0 fully saturated rings. The van der Waals surface area contributed by atoms with Crippen molar-refractivity contribution in [2.24, 2.45) is 0 Å². The van der Waals surface area contributed by atoms with Gasteiger partial charge in [-0.2, -0.15) is 0 Å². The van der Waals surface area contributed by atoms with Crippen LogP contribution in [0.3, 0.4) is 0 Å². The molecular weight excluding hydrogens is 174 g/mol. The fraction of sp³-hybridized carbons (Fsp3) is 0.222. The quantitative estimate of drug-likeness (QED) is 0.674. The van der Waals surface area contributed by atoms with E-state index in [4.69, 9.17) is 0 Å². The van der Waals surface area contributed by atoms with E-state index in [0.29, 0.717) is 0 Å². The molecule has 0 unspecified atom stereocenters. The fourth-order valence-corrected chi connectivity index (χ4v) is 1.38. The Morgan fingerprint density at radius 1 is 1.42 bits per heavy atom. The highest BCUT2D eigenvalue weighted by Crippen LogP contribution is 2.22. The fourth-order valence-electron chi connectivity index (χ4n) is 1.38. The maximum absolute atomic E-state index is 10.4. The summed E-state index contributed by atoms with van der Waals surface area (Å²) in [5.74, 6) is 0. The van der Waals surface area contributed by atoms with Gasteiger partial charge in [-0.05, 0) is 18.1 Å². The van der Waals surface area contributed by atoms with Crippen LogP contribution in [0.5, 0.6) is 0 Å². The van der Waals surface area contributed by atoms with Crippen LogP contribution in [0.4, 0.5) is 5.69 Å². The Kier molecular flexibility index (Phi) is 2.71. The maximum atomic E-state index is 10.4. The molecule has 0 aliphatic carbocycles. The molecule has 0 atom stereocenters. The molecule has 1 aliphatic rings. The van der Waals surface area contributed by atoms with Gasteiger partial charge in [0.1, 0.15) is 6.29 Å². The Morgan fingerprint density at radius 2 is 2.25 bits per heavy atom. The zero-order chi connectivity index (χ0) is 7.68. The molecule has 1 aromatic carbocycles. The van der Waals surface area contributed by atoms with Crippen LogP contribution in [0.2, 0.25) is 0 Å². The largest absolute Gasteiger partial charge is 0.384 e. The zero-order valence-corrected chi connectivity index (χ0v) is 7.36. The average molecular weight is 184 g/mol. The first-order valence-electron chi connectivity index (χ1n) is 3.72. The number of halogens is 1. The van der Waals surface area contributed by atoms with Crippen molar-refractivity contribution in [2.75, 3.05) is 11.9 Å². The van der Waals surface area contributed by atoms with Gasteiger partial charge in [-0.1, -0.05) is 12.1 Å². The van der Waals surface area contributed by atoms with E-state index in [0.717, 1.165) is 30.5 Å². The van der Waals surface area contributed by atoms with Crippen molar-refractivity contribution in [3.8, 4) is 0 Å². The minimum Gasteiger partial charge on any atom is -0.384 e. The van der Waals surface area contributed by atoms with Gasteiger partial charge in [0.2, 0.25) is 0 Å². The van der Waals surface area contributed by atoms with Crippen LogP contribution in [0.1, 0.15) is 15.9 Å². The van der Waals surface area contributed by atoms with Crippen molar-refractivity contribution in [1.82, 2.24) is 0 Å². The second-order valence-electron chi connectivity index (χ2n) is 2.71. The Bertz CT molecular complexity index is 299. The molecule has 0 amide bonds. The SMILES string of the molecule is Cl.O=Cc1ccc2c(c1)NCC2. The Morgan fingerprint density at radius 3 is 3.00 bits per heavy atom. The molecule has 1 aliphatic heterocycles. The number of nitrogens with one attached hydrogen (secondary N) is 1. The normalized spacial score (nSPS) is 12.7. The summed E-state index contributed by atoms with van der Waals surface area (Å²) < 4.78 is 0. The lowest BCUT2D eigenvalue weighted by Crippen LogP contribution is -1.91. The molecular formula is C9H10ClNO. The Balaban J connectivity index is 0.000000720. The van der Waals surface area contributed by atoms with Gasteiger partial charge in [0.25, 0.3) is 0 Å². The van der Waals surface area contributed by atoms with Crippen molar-refractivity contribution in [2.45, 2.75) is 6.42 Å².